The molecule has 0 radical (unpaired) electrons. The highest BCUT2D eigenvalue weighted by Crippen LogP contribution is 2.16. The summed E-state index contributed by atoms with van der Waals surface area (Å²) in [6.07, 6.45) is 0. The van der Waals surface area contributed by atoms with Crippen LogP contribution in [0.3, 0.4) is 0 Å². The molecule has 1 aromatic carbocycles. The molecule has 3 heteroatoms. The van der Waals surface area contributed by atoms with E-state index in [1.807, 2.05) is 25.1 Å². The third-order valence-electron chi connectivity index (χ3n) is 1.81. The first-order chi connectivity index (χ1) is 5.79. The normalized spacial score (nSPS) is 10.5. The van der Waals surface area contributed by atoms with Crippen molar-refractivity contribution in [2.75, 3.05) is 7.11 Å². The summed E-state index contributed by atoms with van der Waals surface area (Å²) in [7, 11) is 1.60. The van der Waals surface area contributed by atoms with Gasteiger partial charge in [-0.2, -0.15) is 4.98 Å². The summed E-state index contributed by atoms with van der Waals surface area (Å²) in [5.41, 5.74) is 3.18. The van der Waals surface area contributed by atoms with Crippen LogP contribution in [-0.2, 0) is 0 Å². The molecule has 0 aliphatic heterocycles. The van der Waals surface area contributed by atoms with Gasteiger partial charge in [-0.15, -0.1) is 0 Å². The number of H-pyrrole nitrogens is 1. The summed E-state index contributed by atoms with van der Waals surface area (Å²) in [5.74, 6) is 0. The zero-order chi connectivity index (χ0) is 8.55. The summed E-state index contributed by atoms with van der Waals surface area (Å²) in [4.78, 5) is 7.25. The number of aromatic nitrogens is 2. The van der Waals surface area contributed by atoms with Crippen molar-refractivity contribution in [2.45, 2.75) is 6.92 Å². The lowest BCUT2D eigenvalue weighted by atomic mass is 10.2. The van der Waals surface area contributed by atoms with E-state index in [0.717, 1.165) is 11.0 Å². The van der Waals surface area contributed by atoms with Crippen LogP contribution in [0.1, 0.15) is 5.56 Å². The Kier molecular flexibility index (Phi) is 1.50. The highest BCUT2D eigenvalue weighted by Gasteiger charge is 2.00. The number of methoxy groups -OCH3 is 1. The van der Waals surface area contributed by atoms with E-state index in [-0.39, 0.29) is 0 Å². The molecular weight excluding hydrogens is 152 g/mol. The van der Waals surface area contributed by atoms with Crippen molar-refractivity contribution >= 4 is 11.0 Å². The monoisotopic (exact) mass is 162 g/mol. The van der Waals surface area contributed by atoms with Gasteiger partial charge in [-0.25, -0.2) is 0 Å². The fourth-order valence-electron chi connectivity index (χ4n) is 1.20. The predicted molar refractivity (Wildman–Crippen MR) is 47.4 cm³/mol. The van der Waals surface area contributed by atoms with Crippen LogP contribution in [0.25, 0.3) is 11.0 Å². The molecule has 0 atom stereocenters. The number of hydrogen-bond donors (Lipinski definition) is 1. The van der Waals surface area contributed by atoms with Crippen LogP contribution in [0, 0.1) is 6.92 Å². The molecule has 3 nitrogen and oxygen atoms in total. The van der Waals surface area contributed by atoms with Crippen molar-refractivity contribution in [3.8, 4) is 6.01 Å². The Balaban J connectivity index is 2.67. The van der Waals surface area contributed by atoms with Crippen LogP contribution in [0.5, 0.6) is 6.01 Å². The molecule has 0 aliphatic carbocycles. The number of aromatic amines is 1. The zero-order valence-corrected chi connectivity index (χ0v) is 7.09. The van der Waals surface area contributed by atoms with E-state index in [0.29, 0.717) is 6.01 Å². The van der Waals surface area contributed by atoms with E-state index in [1.165, 1.54) is 5.56 Å². The molecule has 2 aromatic rings. The molecule has 1 N–H and O–H groups in total. The predicted octanol–water partition coefficient (Wildman–Crippen LogP) is 1.88. The Morgan fingerprint density at radius 1 is 1.42 bits per heavy atom. The maximum Gasteiger partial charge on any atom is 0.294 e. The van der Waals surface area contributed by atoms with Crippen LogP contribution >= 0.6 is 0 Å². The lowest BCUT2D eigenvalue weighted by Crippen LogP contribution is -1.82. The Bertz CT molecular complexity index is 406. The fraction of sp³-hybridized carbons (Fsp3) is 0.222. The number of nitrogens with zero attached hydrogens (tertiary/aromatic N) is 1. The Morgan fingerprint density at radius 3 is 3.00 bits per heavy atom. The van der Waals surface area contributed by atoms with Crippen LogP contribution in [-0.4, -0.2) is 17.1 Å². The van der Waals surface area contributed by atoms with E-state index < -0.39 is 0 Å². The van der Waals surface area contributed by atoms with Gasteiger partial charge in [-0.3, -0.25) is 0 Å². The molecule has 0 spiro atoms. The molecule has 12 heavy (non-hydrogen) atoms. The number of imidazole rings is 1. The van der Waals surface area contributed by atoms with Crippen LogP contribution < -0.4 is 4.74 Å². The van der Waals surface area contributed by atoms with Crippen molar-refractivity contribution in [3.05, 3.63) is 23.8 Å². The SMILES string of the molecule is COc1nc2ccc(C)cc2[nH]1. The summed E-state index contributed by atoms with van der Waals surface area (Å²) in [5, 5.41) is 0. The van der Waals surface area contributed by atoms with Crippen molar-refractivity contribution in [1.82, 2.24) is 9.97 Å². The number of ether oxygens (including phenoxy) is 1. The minimum absolute atomic E-state index is 0.565. The van der Waals surface area contributed by atoms with Gasteiger partial charge < -0.3 is 9.72 Å². The van der Waals surface area contributed by atoms with Crippen LogP contribution in [0.15, 0.2) is 18.2 Å². The first kappa shape index (κ1) is 7.16. The van der Waals surface area contributed by atoms with Crippen LogP contribution in [0.2, 0.25) is 0 Å². The van der Waals surface area contributed by atoms with Gasteiger partial charge in [0.05, 0.1) is 18.1 Å². The zero-order valence-electron chi connectivity index (χ0n) is 7.09. The number of nitrogens with one attached hydrogen (secondary N) is 1. The van der Waals surface area contributed by atoms with Crippen molar-refractivity contribution in [1.29, 1.82) is 0 Å². The largest absolute Gasteiger partial charge is 0.468 e. The average Bonchev–Trinajstić information content (AvgIpc) is 2.46. The molecule has 1 aromatic heterocycles. The molecule has 0 amide bonds. The molecule has 0 saturated carbocycles. The summed E-state index contributed by atoms with van der Waals surface area (Å²) in [6, 6.07) is 6.62. The smallest absolute Gasteiger partial charge is 0.294 e. The Morgan fingerprint density at radius 2 is 2.25 bits per heavy atom. The van der Waals surface area contributed by atoms with Crippen molar-refractivity contribution in [2.24, 2.45) is 0 Å². The Hall–Kier alpha value is -1.51. The molecular formula is C9H10N2O. The lowest BCUT2D eigenvalue weighted by Gasteiger charge is -1.89. The summed E-state index contributed by atoms with van der Waals surface area (Å²) < 4.78 is 4.97. The van der Waals surface area contributed by atoms with Gasteiger partial charge in [0.2, 0.25) is 0 Å². The minimum atomic E-state index is 0.565. The molecule has 1 heterocycles. The maximum absolute atomic E-state index is 4.97. The van der Waals surface area contributed by atoms with E-state index in [9.17, 15) is 0 Å². The fourth-order valence-corrected chi connectivity index (χ4v) is 1.20. The van der Waals surface area contributed by atoms with E-state index in [4.69, 9.17) is 4.74 Å². The second-order valence-corrected chi connectivity index (χ2v) is 2.77. The van der Waals surface area contributed by atoms with E-state index in [2.05, 4.69) is 9.97 Å². The highest BCUT2D eigenvalue weighted by atomic mass is 16.5. The summed E-state index contributed by atoms with van der Waals surface area (Å²) >= 11 is 0. The molecule has 0 fully saturated rings. The Labute approximate surface area is 70.4 Å². The van der Waals surface area contributed by atoms with E-state index >= 15 is 0 Å². The first-order valence-electron chi connectivity index (χ1n) is 3.80. The second-order valence-electron chi connectivity index (χ2n) is 2.77. The number of benzene rings is 1. The van der Waals surface area contributed by atoms with E-state index in [1.54, 1.807) is 7.11 Å². The molecule has 0 bridgehead atoms. The maximum atomic E-state index is 4.97. The molecule has 0 unspecified atom stereocenters. The van der Waals surface area contributed by atoms with Crippen molar-refractivity contribution in [3.63, 3.8) is 0 Å². The van der Waals surface area contributed by atoms with Gasteiger partial charge in [0.1, 0.15) is 0 Å². The number of hydrogen-bond acceptors (Lipinski definition) is 2. The van der Waals surface area contributed by atoms with Gasteiger partial charge in [-0.1, -0.05) is 6.07 Å². The lowest BCUT2D eigenvalue weighted by molar-refractivity contribution is 0.386. The number of rotatable bonds is 1. The standard InChI is InChI=1S/C9H10N2O/c1-6-3-4-7-8(5-6)11-9(10-7)12-2/h3-5H,1-2H3,(H,10,11). The quantitative estimate of drug-likeness (QED) is 0.695. The molecule has 0 saturated heterocycles. The minimum Gasteiger partial charge on any atom is -0.468 e. The third kappa shape index (κ3) is 1.03. The second kappa shape index (κ2) is 2.52. The molecule has 2 rings (SSSR count). The van der Waals surface area contributed by atoms with Crippen LogP contribution in [0.4, 0.5) is 0 Å². The average molecular weight is 162 g/mol. The number of aryl methyl sites for hydroxylation is 1. The van der Waals surface area contributed by atoms with Crippen molar-refractivity contribution < 1.29 is 4.74 Å². The summed E-state index contributed by atoms with van der Waals surface area (Å²) in [6.45, 7) is 2.05. The topological polar surface area (TPSA) is 37.9 Å². The number of fused-ring (bicyclic) bond motifs is 1. The molecule has 62 valence electrons. The third-order valence-corrected chi connectivity index (χ3v) is 1.81. The van der Waals surface area contributed by atoms with Gasteiger partial charge in [-0.05, 0) is 24.6 Å². The van der Waals surface area contributed by atoms with Gasteiger partial charge >= 0.3 is 0 Å². The molecule has 0 aliphatic rings. The van der Waals surface area contributed by atoms with Gasteiger partial charge in [0, 0.05) is 0 Å². The highest BCUT2D eigenvalue weighted by molar-refractivity contribution is 5.76. The van der Waals surface area contributed by atoms with Gasteiger partial charge in [0.25, 0.3) is 6.01 Å². The first-order valence-corrected chi connectivity index (χ1v) is 3.80. The van der Waals surface area contributed by atoms with Gasteiger partial charge in [0.15, 0.2) is 0 Å².